The summed E-state index contributed by atoms with van der Waals surface area (Å²) in [7, 11) is 4.14. The molecule has 2 atom stereocenters. The van der Waals surface area contributed by atoms with E-state index in [2.05, 4.69) is 43.5 Å². The third-order valence-electron chi connectivity index (χ3n) is 2.81. The van der Waals surface area contributed by atoms with Crippen LogP contribution in [-0.2, 0) is 4.79 Å². The van der Waals surface area contributed by atoms with Crippen LogP contribution in [0.3, 0.4) is 0 Å². The highest BCUT2D eigenvalue weighted by Gasteiger charge is 2.29. The summed E-state index contributed by atoms with van der Waals surface area (Å²) in [6.45, 7) is 5.96. The number of carbonyl (C=O) groups excluding carboxylic acids is 1. The molecule has 0 radical (unpaired) electrons. The Morgan fingerprint density at radius 1 is 1.47 bits per heavy atom. The van der Waals surface area contributed by atoms with Crippen LogP contribution < -0.4 is 10.6 Å². The van der Waals surface area contributed by atoms with Crippen LogP contribution in [0.5, 0.6) is 0 Å². The first-order chi connectivity index (χ1) is 7.00. The highest BCUT2D eigenvalue weighted by molar-refractivity contribution is 5.82. The van der Waals surface area contributed by atoms with E-state index in [-0.39, 0.29) is 11.9 Å². The zero-order chi connectivity index (χ0) is 11.4. The monoisotopic (exact) mass is 213 g/mol. The third-order valence-corrected chi connectivity index (χ3v) is 2.81. The van der Waals surface area contributed by atoms with Crippen LogP contribution in [0.4, 0.5) is 0 Å². The Kier molecular flexibility index (Phi) is 4.54. The summed E-state index contributed by atoms with van der Waals surface area (Å²) in [5, 5.41) is 6.39. The maximum atomic E-state index is 11.5. The van der Waals surface area contributed by atoms with E-state index in [0.29, 0.717) is 12.0 Å². The van der Waals surface area contributed by atoms with Gasteiger partial charge in [0.05, 0.1) is 6.04 Å². The van der Waals surface area contributed by atoms with Gasteiger partial charge in [0.2, 0.25) is 5.91 Å². The molecule has 1 aliphatic heterocycles. The summed E-state index contributed by atoms with van der Waals surface area (Å²) in [6, 6.07) is 0.392. The molecule has 2 unspecified atom stereocenters. The first kappa shape index (κ1) is 12.5. The molecule has 15 heavy (non-hydrogen) atoms. The molecule has 2 N–H and O–H groups in total. The molecule has 1 fully saturated rings. The average molecular weight is 213 g/mol. The lowest BCUT2D eigenvalue weighted by atomic mass is 9.98. The van der Waals surface area contributed by atoms with Gasteiger partial charge in [0.15, 0.2) is 0 Å². The SMILES string of the molecule is CC(C)C1NC(CCN(C)C)CNC1=O. The largest absolute Gasteiger partial charge is 0.353 e. The molecule has 1 aliphatic rings. The standard InChI is InChI=1S/C11H23N3O/c1-8(2)10-11(15)12-7-9(13-10)5-6-14(3)4/h8-10,13H,5-7H2,1-4H3,(H,12,15). The van der Waals surface area contributed by atoms with Gasteiger partial charge in [-0.3, -0.25) is 4.79 Å². The van der Waals surface area contributed by atoms with E-state index >= 15 is 0 Å². The summed E-state index contributed by atoms with van der Waals surface area (Å²) in [5.74, 6) is 0.498. The first-order valence-electron chi connectivity index (χ1n) is 5.69. The molecule has 1 heterocycles. The maximum Gasteiger partial charge on any atom is 0.237 e. The molecule has 0 aromatic heterocycles. The fraction of sp³-hybridized carbons (Fsp3) is 0.909. The van der Waals surface area contributed by atoms with E-state index in [1.165, 1.54) is 0 Å². The summed E-state index contributed by atoms with van der Waals surface area (Å²) >= 11 is 0. The number of nitrogens with one attached hydrogen (secondary N) is 2. The second-order valence-corrected chi connectivity index (χ2v) is 4.92. The first-order valence-corrected chi connectivity index (χ1v) is 5.69. The van der Waals surface area contributed by atoms with Gasteiger partial charge >= 0.3 is 0 Å². The molecule has 1 rings (SSSR count). The molecule has 1 amide bonds. The Balaban J connectivity index is 2.40. The van der Waals surface area contributed by atoms with E-state index in [0.717, 1.165) is 19.5 Å². The fourth-order valence-corrected chi connectivity index (χ4v) is 1.82. The van der Waals surface area contributed by atoms with E-state index < -0.39 is 0 Å². The van der Waals surface area contributed by atoms with Crippen LogP contribution in [0.15, 0.2) is 0 Å². The normalized spacial score (nSPS) is 27.2. The number of hydrogen-bond donors (Lipinski definition) is 2. The molecule has 88 valence electrons. The van der Waals surface area contributed by atoms with E-state index in [1.807, 2.05) is 0 Å². The van der Waals surface area contributed by atoms with Crippen LogP contribution in [0.1, 0.15) is 20.3 Å². The van der Waals surface area contributed by atoms with Crippen molar-refractivity contribution in [3.63, 3.8) is 0 Å². The summed E-state index contributed by atoms with van der Waals surface area (Å²) in [6.07, 6.45) is 1.08. The van der Waals surface area contributed by atoms with Gasteiger partial charge in [0, 0.05) is 12.6 Å². The van der Waals surface area contributed by atoms with E-state index in [1.54, 1.807) is 0 Å². The minimum atomic E-state index is -0.0223. The van der Waals surface area contributed by atoms with Crippen molar-refractivity contribution in [1.29, 1.82) is 0 Å². The minimum Gasteiger partial charge on any atom is -0.353 e. The van der Waals surface area contributed by atoms with Crippen molar-refractivity contribution in [2.45, 2.75) is 32.4 Å². The lowest BCUT2D eigenvalue weighted by molar-refractivity contribution is -0.126. The van der Waals surface area contributed by atoms with Gasteiger partial charge in [-0.25, -0.2) is 0 Å². The molecule has 1 saturated heterocycles. The van der Waals surface area contributed by atoms with Crippen LogP contribution in [0, 0.1) is 5.92 Å². The third kappa shape index (κ3) is 3.80. The highest BCUT2D eigenvalue weighted by Crippen LogP contribution is 2.08. The van der Waals surface area contributed by atoms with Crippen molar-refractivity contribution < 1.29 is 4.79 Å². The smallest absolute Gasteiger partial charge is 0.237 e. The van der Waals surface area contributed by atoms with Crippen LogP contribution in [0.2, 0.25) is 0 Å². The molecule has 0 spiro atoms. The maximum absolute atomic E-state index is 11.5. The van der Waals surface area contributed by atoms with Crippen LogP contribution in [-0.4, -0.2) is 50.1 Å². The van der Waals surface area contributed by atoms with Gasteiger partial charge in [-0.15, -0.1) is 0 Å². The number of rotatable bonds is 4. The molecule has 0 bridgehead atoms. The quantitative estimate of drug-likeness (QED) is 0.693. The number of nitrogens with zero attached hydrogens (tertiary/aromatic N) is 1. The van der Waals surface area contributed by atoms with Gasteiger partial charge in [-0.1, -0.05) is 13.8 Å². The molecular formula is C11H23N3O. The van der Waals surface area contributed by atoms with E-state index in [4.69, 9.17) is 0 Å². The molecule has 4 nitrogen and oxygen atoms in total. The predicted molar refractivity (Wildman–Crippen MR) is 61.7 cm³/mol. The molecule has 0 aromatic rings. The fourth-order valence-electron chi connectivity index (χ4n) is 1.82. The summed E-state index contributed by atoms with van der Waals surface area (Å²) in [4.78, 5) is 13.7. The molecule has 0 aromatic carbocycles. The van der Waals surface area contributed by atoms with Crippen molar-refractivity contribution in [2.24, 2.45) is 5.92 Å². The van der Waals surface area contributed by atoms with E-state index in [9.17, 15) is 4.79 Å². The second kappa shape index (κ2) is 5.47. The number of piperazine rings is 1. The van der Waals surface area contributed by atoms with Crippen LogP contribution in [0.25, 0.3) is 0 Å². The Bertz CT molecular complexity index is 216. The summed E-state index contributed by atoms with van der Waals surface area (Å²) < 4.78 is 0. The predicted octanol–water partition coefficient (Wildman–Crippen LogP) is 0.0507. The van der Waals surface area contributed by atoms with Crippen molar-refractivity contribution in [2.75, 3.05) is 27.2 Å². The van der Waals surface area contributed by atoms with Gasteiger partial charge in [0.1, 0.15) is 0 Å². The molecule has 4 heteroatoms. The second-order valence-electron chi connectivity index (χ2n) is 4.92. The van der Waals surface area contributed by atoms with Gasteiger partial charge in [0.25, 0.3) is 0 Å². The van der Waals surface area contributed by atoms with Crippen molar-refractivity contribution in [3.8, 4) is 0 Å². The Morgan fingerprint density at radius 2 is 2.13 bits per heavy atom. The van der Waals surface area contributed by atoms with Gasteiger partial charge in [-0.05, 0) is 33.0 Å². The summed E-state index contributed by atoms with van der Waals surface area (Å²) in [5.41, 5.74) is 0. The number of carbonyl (C=O) groups is 1. The van der Waals surface area contributed by atoms with Gasteiger partial charge < -0.3 is 15.5 Å². The lowest BCUT2D eigenvalue weighted by Crippen LogP contribution is -2.60. The lowest BCUT2D eigenvalue weighted by Gasteiger charge is -2.33. The zero-order valence-corrected chi connectivity index (χ0v) is 10.2. The molecule has 0 saturated carbocycles. The average Bonchev–Trinajstić information content (AvgIpc) is 2.16. The number of hydrogen-bond acceptors (Lipinski definition) is 3. The zero-order valence-electron chi connectivity index (χ0n) is 10.2. The Labute approximate surface area is 92.4 Å². The Morgan fingerprint density at radius 3 is 2.67 bits per heavy atom. The molecular weight excluding hydrogens is 190 g/mol. The minimum absolute atomic E-state index is 0.0223. The topological polar surface area (TPSA) is 44.4 Å². The number of amides is 1. The van der Waals surface area contributed by atoms with Crippen molar-refractivity contribution >= 4 is 5.91 Å². The molecule has 0 aliphatic carbocycles. The van der Waals surface area contributed by atoms with Crippen LogP contribution >= 0.6 is 0 Å². The Hall–Kier alpha value is -0.610. The highest BCUT2D eigenvalue weighted by atomic mass is 16.2. The van der Waals surface area contributed by atoms with Crippen molar-refractivity contribution in [1.82, 2.24) is 15.5 Å². The van der Waals surface area contributed by atoms with Gasteiger partial charge in [-0.2, -0.15) is 0 Å². The van der Waals surface area contributed by atoms with Crippen molar-refractivity contribution in [3.05, 3.63) is 0 Å².